The summed E-state index contributed by atoms with van der Waals surface area (Å²) < 4.78 is 0. The van der Waals surface area contributed by atoms with E-state index >= 15 is 0 Å². The lowest BCUT2D eigenvalue weighted by Gasteiger charge is -2.17. The van der Waals surface area contributed by atoms with Crippen molar-refractivity contribution in [2.24, 2.45) is 4.99 Å². The predicted molar refractivity (Wildman–Crippen MR) is 122 cm³/mol. The molecule has 0 atom stereocenters. The number of amidine groups is 1. The molecule has 0 N–H and O–H groups in total. The molecule has 0 radical (unpaired) electrons. The largest absolute Gasteiger partial charge is 0.300 e. The van der Waals surface area contributed by atoms with Crippen LogP contribution in [0.4, 0.5) is 5.69 Å². The van der Waals surface area contributed by atoms with Gasteiger partial charge in [-0.25, -0.2) is 4.99 Å². The van der Waals surface area contributed by atoms with Crippen molar-refractivity contribution < 1.29 is 9.59 Å². The van der Waals surface area contributed by atoms with E-state index < -0.39 is 0 Å². The SMILES string of the molecule is CC(=O)CCSC1=N/C(=C\c2ccc(C(C)C)cc2)C(=O)N1c1ccc(C)cc1. The minimum Gasteiger partial charge on any atom is -0.300 e. The number of carbonyl (C=O) groups is 2. The fourth-order valence-corrected chi connectivity index (χ4v) is 3.99. The van der Waals surface area contributed by atoms with Gasteiger partial charge < -0.3 is 0 Å². The zero-order chi connectivity index (χ0) is 21.0. The maximum atomic E-state index is 13.1. The van der Waals surface area contributed by atoms with Gasteiger partial charge >= 0.3 is 0 Å². The number of hydrogen-bond donors (Lipinski definition) is 0. The third kappa shape index (κ3) is 5.24. The maximum Gasteiger partial charge on any atom is 0.283 e. The van der Waals surface area contributed by atoms with Crippen molar-refractivity contribution in [3.8, 4) is 0 Å². The smallest absolute Gasteiger partial charge is 0.283 e. The standard InChI is InChI=1S/C24H26N2O2S/c1-16(2)20-9-7-19(8-10-20)15-22-23(28)26(21-11-5-17(3)6-12-21)24(25-22)29-14-13-18(4)27/h5-12,15-16H,13-14H2,1-4H3/b22-15-. The molecule has 0 bridgehead atoms. The second-order valence-electron chi connectivity index (χ2n) is 7.52. The number of carbonyl (C=O) groups excluding carboxylic acids is 2. The topological polar surface area (TPSA) is 49.7 Å². The molecule has 29 heavy (non-hydrogen) atoms. The monoisotopic (exact) mass is 406 g/mol. The van der Waals surface area contributed by atoms with Crippen molar-refractivity contribution in [2.45, 2.75) is 40.0 Å². The number of nitrogens with zero attached hydrogens (tertiary/aromatic N) is 2. The summed E-state index contributed by atoms with van der Waals surface area (Å²) in [6.07, 6.45) is 2.28. The molecule has 0 saturated carbocycles. The fourth-order valence-electron chi connectivity index (χ4n) is 2.94. The highest BCUT2D eigenvalue weighted by molar-refractivity contribution is 8.14. The van der Waals surface area contributed by atoms with Crippen LogP contribution in [-0.2, 0) is 9.59 Å². The molecule has 1 aliphatic heterocycles. The number of anilines is 1. The Labute approximate surface area is 176 Å². The summed E-state index contributed by atoms with van der Waals surface area (Å²) in [6, 6.07) is 16.0. The lowest BCUT2D eigenvalue weighted by atomic mass is 10.0. The van der Waals surface area contributed by atoms with Gasteiger partial charge in [0, 0.05) is 12.2 Å². The van der Waals surface area contributed by atoms with Crippen molar-refractivity contribution in [1.82, 2.24) is 0 Å². The molecule has 2 aromatic carbocycles. The number of amides is 1. The van der Waals surface area contributed by atoms with Gasteiger partial charge in [0.1, 0.15) is 11.5 Å². The maximum absolute atomic E-state index is 13.1. The molecule has 0 saturated heterocycles. The second-order valence-corrected chi connectivity index (χ2v) is 8.58. The highest BCUT2D eigenvalue weighted by Crippen LogP contribution is 2.30. The first-order valence-electron chi connectivity index (χ1n) is 9.79. The Kier molecular flexibility index (Phi) is 6.70. The fraction of sp³-hybridized carbons (Fsp3) is 0.292. The number of benzene rings is 2. The van der Waals surface area contributed by atoms with E-state index in [1.165, 1.54) is 17.3 Å². The van der Waals surface area contributed by atoms with E-state index in [-0.39, 0.29) is 11.7 Å². The molecular weight excluding hydrogens is 380 g/mol. The van der Waals surface area contributed by atoms with Crippen LogP contribution in [-0.4, -0.2) is 22.6 Å². The van der Waals surface area contributed by atoms with Crippen LogP contribution in [0.1, 0.15) is 49.8 Å². The molecule has 1 heterocycles. The average Bonchev–Trinajstić information content (AvgIpc) is 2.98. The van der Waals surface area contributed by atoms with Gasteiger partial charge in [0.05, 0.1) is 5.69 Å². The van der Waals surface area contributed by atoms with E-state index in [2.05, 4.69) is 31.0 Å². The minimum atomic E-state index is -0.146. The number of aliphatic imine (C=N–C) groups is 1. The lowest BCUT2D eigenvalue weighted by molar-refractivity contribution is -0.116. The van der Waals surface area contributed by atoms with Gasteiger partial charge in [0.2, 0.25) is 0 Å². The Bertz CT molecular complexity index is 957. The highest BCUT2D eigenvalue weighted by Gasteiger charge is 2.31. The van der Waals surface area contributed by atoms with Crippen molar-refractivity contribution in [2.75, 3.05) is 10.7 Å². The van der Waals surface area contributed by atoms with E-state index in [1.807, 2.05) is 49.4 Å². The van der Waals surface area contributed by atoms with Crippen LogP contribution < -0.4 is 4.90 Å². The Balaban J connectivity index is 1.90. The number of thioether (sulfide) groups is 1. The number of Topliss-reactive ketones (excluding diaryl/α,β-unsaturated/α-hetero) is 1. The lowest BCUT2D eigenvalue weighted by Crippen LogP contribution is -2.30. The van der Waals surface area contributed by atoms with Gasteiger partial charge in [-0.2, -0.15) is 0 Å². The van der Waals surface area contributed by atoms with E-state index in [1.54, 1.807) is 11.8 Å². The van der Waals surface area contributed by atoms with Crippen molar-refractivity contribution in [3.05, 3.63) is 70.9 Å². The van der Waals surface area contributed by atoms with E-state index in [0.717, 1.165) is 16.8 Å². The van der Waals surface area contributed by atoms with Gasteiger partial charge in [-0.1, -0.05) is 67.6 Å². The number of hydrogen-bond acceptors (Lipinski definition) is 4. The molecule has 0 spiro atoms. The molecule has 0 fully saturated rings. The molecular formula is C24H26N2O2S. The van der Waals surface area contributed by atoms with Crippen LogP contribution in [0.3, 0.4) is 0 Å². The van der Waals surface area contributed by atoms with Crippen LogP contribution in [0.15, 0.2) is 59.2 Å². The van der Waals surface area contributed by atoms with E-state index in [0.29, 0.717) is 29.0 Å². The molecule has 1 amide bonds. The molecule has 4 nitrogen and oxygen atoms in total. The summed E-state index contributed by atoms with van der Waals surface area (Å²) in [5, 5.41) is 0.616. The van der Waals surface area contributed by atoms with Crippen LogP contribution in [0, 0.1) is 6.92 Å². The third-order valence-electron chi connectivity index (χ3n) is 4.71. The van der Waals surface area contributed by atoms with Gasteiger partial charge in [-0.05, 0) is 49.1 Å². The molecule has 0 aliphatic carbocycles. The predicted octanol–water partition coefficient (Wildman–Crippen LogP) is 5.57. The van der Waals surface area contributed by atoms with E-state index in [4.69, 9.17) is 0 Å². The molecule has 1 aliphatic rings. The first kappa shape index (κ1) is 21.1. The van der Waals surface area contributed by atoms with Gasteiger partial charge in [-0.3, -0.25) is 14.5 Å². The zero-order valence-corrected chi connectivity index (χ0v) is 18.1. The molecule has 5 heteroatoms. The first-order chi connectivity index (χ1) is 13.8. The number of ketones is 1. The quantitative estimate of drug-likeness (QED) is 0.589. The zero-order valence-electron chi connectivity index (χ0n) is 17.3. The van der Waals surface area contributed by atoms with Gasteiger partial charge in [0.15, 0.2) is 5.17 Å². The first-order valence-corrected chi connectivity index (χ1v) is 10.8. The number of aryl methyl sites for hydroxylation is 1. The minimum absolute atomic E-state index is 0.130. The summed E-state index contributed by atoms with van der Waals surface area (Å²) in [7, 11) is 0. The van der Waals surface area contributed by atoms with Gasteiger partial charge in [0.25, 0.3) is 5.91 Å². The number of rotatable bonds is 6. The van der Waals surface area contributed by atoms with Crippen molar-refractivity contribution in [1.29, 1.82) is 0 Å². The summed E-state index contributed by atoms with van der Waals surface area (Å²) in [6.45, 7) is 7.90. The Morgan fingerprint density at radius 2 is 1.76 bits per heavy atom. The summed E-state index contributed by atoms with van der Waals surface area (Å²) in [5.41, 5.74) is 4.53. The third-order valence-corrected chi connectivity index (χ3v) is 5.65. The summed E-state index contributed by atoms with van der Waals surface area (Å²) in [5.74, 6) is 1.04. The molecule has 150 valence electrons. The Hall–Kier alpha value is -2.66. The van der Waals surface area contributed by atoms with Crippen molar-refractivity contribution in [3.63, 3.8) is 0 Å². The van der Waals surface area contributed by atoms with E-state index in [9.17, 15) is 9.59 Å². The summed E-state index contributed by atoms with van der Waals surface area (Å²) in [4.78, 5) is 30.7. The molecule has 3 rings (SSSR count). The normalized spacial score (nSPS) is 15.3. The second kappa shape index (κ2) is 9.23. The highest BCUT2D eigenvalue weighted by atomic mass is 32.2. The van der Waals surface area contributed by atoms with Crippen LogP contribution >= 0.6 is 11.8 Å². The Morgan fingerprint density at radius 3 is 2.34 bits per heavy atom. The average molecular weight is 407 g/mol. The summed E-state index contributed by atoms with van der Waals surface area (Å²) >= 11 is 1.44. The van der Waals surface area contributed by atoms with Crippen molar-refractivity contribution >= 4 is 40.4 Å². The van der Waals surface area contributed by atoms with Crippen LogP contribution in [0.2, 0.25) is 0 Å². The molecule has 0 unspecified atom stereocenters. The molecule has 0 aromatic heterocycles. The van der Waals surface area contributed by atoms with Crippen LogP contribution in [0.5, 0.6) is 0 Å². The Morgan fingerprint density at radius 1 is 1.10 bits per heavy atom. The van der Waals surface area contributed by atoms with Crippen LogP contribution in [0.25, 0.3) is 6.08 Å². The molecule has 2 aromatic rings. The van der Waals surface area contributed by atoms with Gasteiger partial charge in [-0.15, -0.1) is 0 Å².